The number of aliphatic hydroxyl groups excluding tert-OH is 1. The SMILES string of the molecule is C=CC(O)CCC=C(C)C. The summed E-state index contributed by atoms with van der Waals surface area (Å²) >= 11 is 0. The quantitative estimate of drug-likeness (QED) is 0.594. The van der Waals surface area contributed by atoms with Crippen LogP contribution in [-0.2, 0) is 0 Å². The van der Waals surface area contributed by atoms with Gasteiger partial charge in [-0.05, 0) is 26.7 Å². The van der Waals surface area contributed by atoms with Crippen molar-refractivity contribution in [2.45, 2.75) is 32.8 Å². The van der Waals surface area contributed by atoms with Crippen LogP contribution in [0.4, 0.5) is 0 Å². The molecule has 0 rings (SSSR count). The summed E-state index contributed by atoms with van der Waals surface area (Å²) in [7, 11) is 0. The van der Waals surface area contributed by atoms with Crippen molar-refractivity contribution < 1.29 is 5.11 Å². The van der Waals surface area contributed by atoms with Crippen molar-refractivity contribution in [1.29, 1.82) is 0 Å². The Bertz CT molecular complexity index is 121. The van der Waals surface area contributed by atoms with Gasteiger partial charge in [0.2, 0.25) is 0 Å². The minimum Gasteiger partial charge on any atom is -0.389 e. The van der Waals surface area contributed by atoms with E-state index in [2.05, 4.69) is 26.5 Å². The Morgan fingerprint density at radius 3 is 2.60 bits per heavy atom. The van der Waals surface area contributed by atoms with Gasteiger partial charge in [0.15, 0.2) is 0 Å². The van der Waals surface area contributed by atoms with E-state index in [1.165, 1.54) is 5.57 Å². The molecule has 10 heavy (non-hydrogen) atoms. The van der Waals surface area contributed by atoms with Crippen molar-refractivity contribution in [3.05, 3.63) is 24.3 Å². The highest BCUT2D eigenvalue weighted by Gasteiger charge is 1.93. The van der Waals surface area contributed by atoms with Gasteiger partial charge in [-0.15, -0.1) is 6.58 Å². The zero-order valence-corrected chi connectivity index (χ0v) is 6.80. The van der Waals surface area contributed by atoms with Crippen LogP contribution in [0.5, 0.6) is 0 Å². The molecule has 1 unspecified atom stereocenters. The first-order valence-corrected chi connectivity index (χ1v) is 3.60. The van der Waals surface area contributed by atoms with E-state index in [0.717, 1.165) is 12.8 Å². The van der Waals surface area contributed by atoms with Crippen molar-refractivity contribution in [2.75, 3.05) is 0 Å². The summed E-state index contributed by atoms with van der Waals surface area (Å²) in [5, 5.41) is 9.02. The van der Waals surface area contributed by atoms with Crippen LogP contribution in [-0.4, -0.2) is 11.2 Å². The molecule has 1 N–H and O–H groups in total. The van der Waals surface area contributed by atoms with Crippen LogP contribution >= 0.6 is 0 Å². The van der Waals surface area contributed by atoms with Gasteiger partial charge in [0.05, 0.1) is 6.10 Å². The Morgan fingerprint density at radius 2 is 2.20 bits per heavy atom. The second kappa shape index (κ2) is 5.24. The zero-order chi connectivity index (χ0) is 7.98. The smallest absolute Gasteiger partial charge is 0.0721 e. The van der Waals surface area contributed by atoms with E-state index in [9.17, 15) is 0 Å². The van der Waals surface area contributed by atoms with Crippen molar-refractivity contribution in [3.8, 4) is 0 Å². The third kappa shape index (κ3) is 5.57. The molecule has 0 spiro atoms. The molecule has 1 nitrogen and oxygen atoms in total. The van der Waals surface area contributed by atoms with E-state index in [4.69, 9.17) is 5.11 Å². The molecule has 0 aromatic rings. The molecule has 0 aliphatic rings. The lowest BCUT2D eigenvalue weighted by molar-refractivity contribution is 0.214. The minimum atomic E-state index is -0.337. The second-order valence-electron chi connectivity index (χ2n) is 2.66. The molecule has 0 amide bonds. The predicted octanol–water partition coefficient (Wildman–Crippen LogP) is 2.28. The highest BCUT2D eigenvalue weighted by Crippen LogP contribution is 2.01. The zero-order valence-electron chi connectivity index (χ0n) is 6.80. The molecule has 1 heteroatoms. The van der Waals surface area contributed by atoms with Crippen LogP contribution < -0.4 is 0 Å². The molecule has 0 saturated carbocycles. The van der Waals surface area contributed by atoms with Gasteiger partial charge >= 0.3 is 0 Å². The molecular formula is C9H16O. The van der Waals surface area contributed by atoms with E-state index in [-0.39, 0.29) is 6.10 Å². The maximum Gasteiger partial charge on any atom is 0.0721 e. The third-order valence-electron chi connectivity index (χ3n) is 1.29. The van der Waals surface area contributed by atoms with Crippen molar-refractivity contribution >= 4 is 0 Å². The van der Waals surface area contributed by atoms with Gasteiger partial charge in [-0.25, -0.2) is 0 Å². The van der Waals surface area contributed by atoms with Crippen LogP contribution in [0, 0.1) is 0 Å². The fraction of sp³-hybridized carbons (Fsp3) is 0.556. The van der Waals surface area contributed by atoms with Crippen LogP contribution in [0.1, 0.15) is 26.7 Å². The maximum atomic E-state index is 9.02. The number of aliphatic hydroxyl groups is 1. The Hall–Kier alpha value is -0.560. The molecule has 0 heterocycles. The number of rotatable bonds is 4. The lowest BCUT2D eigenvalue weighted by atomic mass is 10.1. The highest BCUT2D eigenvalue weighted by atomic mass is 16.3. The first-order valence-electron chi connectivity index (χ1n) is 3.60. The summed E-state index contributed by atoms with van der Waals surface area (Å²) in [4.78, 5) is 0. The fourth-order valence-electron chi connectivity index (χ4n) is 0.661. The molecule has 0 aliphatic heterocycles. The average molecular weight is 140 g/mol. The van der Waals surface area contributed by atoms with Crippen LogP contribution in [0.2, 0.25) is 0 Å². The van der Waals surface area contributed by atoms with Gasteiger partial charge in [0.1, 0.15) is 0 Å². The normalized spacial score (nSPS) is 12.3. The topological polar surface area (TPSA) is 20.2 Å². The van der Waals surface area contributed by atoms with Crippen molar-refractivity contribution in [1.82, 2.24) is 0 Å². The van der Waals surface area contributed by atoms with Crippen molar-refractivity contribution in [2.24, 2.45) is 0 Å². The van der Waals surface area contributed by atoms with Crippen LogP contribution in [0.15, 0.2) is 24.3 Å². The molecule has 0 fully saturated rings. The summed E-state index contributed by atoms with van der Waals surface area (Å²) in [6, 6.07) is 0. The molecule has 0 aromatic heterocycles. The summed E-state index contributed by atoms with van der Waals surface area (Å²) < 4.78 is 0. The largest absolute Gasteiger partial charge is 0.389 e. The molecule has 0 bridgehead atoms. The minimum absolute atomic E-state index is 0.337. The van der Waals surface area contributed by atoms with E-state index < -0.39 is 0 Å². The highest BCUT2D eigenvalue weighted by molar-refractivity contribution is 4.94. The number of hydrogen-bond donors (Lipinski definition) is 1. The van der Waals surface area contributed by atoms with Gasteiger partial charge in [-0.3, -0.25) is 0 Å². The molecule has 0 aliphatic carbocycles. The summed E-state index contributed by atoms with van der Waals surface area (Å²) in [5.41, 5.74) is 1.30. The van der Waals surface area contributed by atoms with Gasteiger partial charge < -0.3 is 5.11 Å². The lowest BCUT2D eigenvalue weighted by Gasteiger charge is -2.00. The monoisotopic (exact) mass is 140 g/mol. The standard InChI is InChI=1S/C9H16O/c1-4-9(10)7-5-6-8(2)3/h4,6,9-10H,1,5,7H2,2-3H3. The maximum absolute atomic E-state index is 9.02. The molecule has 0 saturated heterocycles. The lowest BCUT2D eigenvalue weighted by Crippen LogP contribution is -1.99. The molecular weight excluding hydrogens is 124 g/mol. The van der Waals surface area contributed by atoms with E-state index >= 15 is 0 Å². The second-order valence-corrected chi connectivity index (χ2v) is 2.66. The fourth-order valence-corrected chi connectivity index (χ4v) is 0.661. The Labute approximate surface area is 63.1 Å². The van der Waals surface area contributed by atoms with Gasteiger partial charge in [-0.1, -0.05) is 17.7 Å². The molecule has 1 atom stereocenters. The van der Waals surface area contributed by atoms with E-state index in [1.807, 2.05) is 0 Å². The first-order chi connectivity index (χ1) is 4.66. The van der Waals surface area contributed by atoms with Gasteiger partial charge in [0.25, 0.3) is 0 Å². The van der Waals surface area contributed by atoms with Gasteiger partial charge in [0, 0.05) is 0 Å². The number of hydrogen-bond acceptors (Lipinski definition) is 1. The summed E-state index contributed by atoms with van der Waals surface area (Å²) in [5.74, 6) is 0. The van der Waals surface area contributed by atoms with Crippen LogP contribution in [0.25, 0.3) is 0 Å². The average Bonchev–Trinajstić information content (AvgIpc) is 1.87. The molecule has 58 valence electrons. The molecule has 0 aromatic carbocycles. The molecule has 0 radical (unpaired) electrons. The van der Waals surface area contributed by atoms with Crippen molar-refractivity contribution in [3.63, 3.8) is 0 Å². The van der Waals surface area contributed by atoms with Crippen LogP contribution in [0.3, 0.4) is 0 Å². The Morgan fingerprint density at radius 1 is 1.60 bits per heavy atom. The van der Waals surface area contributed by atoms with E-state index in [1.54, 1.807) is 6.08 Å². The number of allylic oxidation sites excluding steroid dienone is 2. The third-order valence-corrected chi connectivity index (χ3v) is 1.29. The summed E-state index contributed by atoms with van der Waals surface area (Å²) in [6.45, 7) is 7.60. The first kappa shape index (κ1) is 9.44. The van der Waals surface area contributed by atoms with E-state index in [0.29, 0.717) is 0 Å². The summed E-state index contributed by atoms with van der Waals surface area (Å²) in [6.07, 6.45) is 5.08. The van der Waals surface area contributed by atoms with Gasteiger partial charge in [-0.2, -0.15) is 0 Å². The Kier molecular flexibility index (Phi) is 4.95. The predicted molar refractivity (Wildman–Crippen MR) is 44.9 cm³/mol. The Balaban J connectivity index is 3.36.